The van der Waals surface area contributed by atoms with Crippen molar-refractivity contribution in [1.29, 1.82) is 0 Å². The summed E-state index contributed by atoms with van der Waals surface area (Å²) in [5, 5.41) is 13.2. The van der Waals surface area contributed by atoms with Gasteiger partial charge in [0.1, 0.15) is 0 Å². The van der Waals surface area contributed by atoms with Crippen molar-refractivity contribution in [2.24, 2.45) is 0 Å². The number of carbonyl (C=O) groups is 1. The normalized spacial score (nSPS) is 10.9. The molecular formula is C22H25ClN4OS. The Morgan fingerprint density at radius 2 is 1.97 bits per heavy atom. The summed E-state index contributed by atoms with van der Waals surface area (Å²) in [5.41, 5.74) is 3.38. The van der Waals surface area contributed by atoms with Crippen LogP contribution in [0.5, 0.6) is 0 Å². The predicted molar refractivity (Wildman–Crippen MR) is 119 cm³/mol. The molecule has 0 saturated carbocycles. The van der Waals surface area contributed by atoms with E-state index in [1.165, 1.54) is 17.3 Å². The summed E-state index contributed by atoms with van der Waals surface area (Å²) in [6, 6.07) is 15.9. The molecule has 1 N–H and O–H groups in total. The Kier molecular flexibility index (Phi) is 7.72. The van der Waals surface area contributed by atoms with Gasteiger partial charge in [-0.05, 0) is 43.5 Å². The second kappa shape index (κ2) is 10.5. The van der Waals surface area contributed by atoms with E-state index in [0.29, 0.717) is 12.3 Å². The van der Waals surface area contributed by atoms with Crippen molar-refractivity contribution < 1.29 is 4.79 Å². The Morgan fingerprint density at radius 3 is 2.69 bits per heavy atom. The number of nitrogens with one attached hydrogen (secondary N) is 1. The maximum absolute atomic E-state index is 12.2. The number of aromatic nitrogens is 3. The lowest BCUT2D eigenvalue weighted by Crippen LogP contribution is -2.27. The van der Waals surface area contributed by atoms with Gasteiger partial charge in [0.2, 0.25) is 5.91 Å². The number of rotatable bonds is 9. The maximum atomic E-state index is 12.2. The van der Waals surface area contributed by atoms with Crippen LogP contribution in [0, 0.1) is 6.92 Å². The van der Waals surface area contributed by atoms with E-state index in [1.807, 2.05) is 36.4 Å². The lowest BCUT2D eigenvalue weighted by molar-refractivity contribution is -0.118. The first kappa shape index (κ1) is 21.4. The van der Waals surface area contributed by atoms with Crippen LogP contribution in [0.3, 0.4) is 0 Å². The summed E-state index contributed by atoms with van der Waals surface area (Å²) in [6.45, 7) is 5.60. The van der Waals surface area contributed by atoms with Gasteiger partial charge in [0.05, 0.1) is 5.75 Å². The summed E-state index contributed by atoms with van der Waals surface area (Å²) in [6.07, 6.45) is 1.74. The van der Waals surface area contributed by atoms with E-state index in [-0.39, 0.29) is 5.91 Å². The highest BCUT2D eigenvalue weighted by atomic mass is 35.5. The summed E-state index contributed by atoms with van der Waals surface area (Å²) in [5.74, 6) is 1.16. The zero-order valence-electron chi connectivity index (χ0n) is 16.7. The van der Waals surface area contributed by atoms with Crippen LogP contribution in [0.25, 0.3) is 11.4 Å². The van der Waals surface area contributed by atoms with Gasteiger partial charge in [-0.25, -0.2) is 0 Å². The molecule has 3 aromatic rings. The van der Waals surface area contributed by atoms with E-state index in [9.17, 15) is 4.79 Å². The van der Waals surface area contributed by atoms with Crippen LogP contribution < -0.4 is 5.32 Å². The molecule has 0 spiro atoms. The van der Waals surface area contributed by atoms with Gasteiger partial charge in [-0.3, -0.25) is 4.79 Å². The first-order valence-corrected chi connectivity index (χ1v) is 11.1. The largest absolute Gasteiger partial charge is 0.355 e. The quantitative estimate of drug-likeness (QED) is 0.499. The molecule has 2 aromatic carbocycles. The number of benzene rings is 2. The Labute approximate surface area is 180 Å². The second-order valence-electron chi connectivity index (χ2n) is 6.84. The van der Waals surface area contributed by atoms with Crippen LogP contribution in [-0.2, 0) is 17.8 Å². The molecule has 1 amide bonds. The first-order chi connectivity index (χ1) is 14.1. The molecule has 1 heterocycles. The third-order valence-electron chi connectivity index (χ3n) is 4.42. The highest BCUT2D eigenvalue weighted by molar-refractivity contribution is 7.99. The predicted octanol–water partition coefficient (Wildman–Crippen LogP) is 4.77. The number of nitrogens with zero attached hydrogens (tertiary/aromatic N) is 3. The van der Waals surface area contributed by atoms with Crippen LogP contribution in [0.2, 0.25) is 5.02 Å². The van der Waals surface area contributed by atoms with Crippen LogP contribution in [0.1, 0.15) is 24.5 Å². The summed E-state index contributed by atoms with van der Waals surface area (Å²) >= 11 is 7.32. The average molecular weight is 429 g/mol. The van der Waals surface area contributed by atoms with Crippen molar-refractivity contribution in [1.82, 2.24) is 20.1 Å². The van der Waals surface area contributed by atoms with Gasteiger partial charge < -0.3 is 9.88 Å². The molecule has 0 atom stereocenters. The molecule has 5 nitrogen and oxygen atoms in total. The highest BCUT2D eigenvalue weighted by Crippen LogP contribution is 2.25. The third-order valence-corrected chi connectivity index (χ3v) is 5.64. The smallest absolute Gasteiger partial charge is 0.230 e. The Hall–Kier alpha value is -2.31. The van der Waals surface area contributed by atoms with Gasteiger partial charge in [0.15, 0.2) is 11.0 Å². The molecule has 0 aliphatic heterocycles. The van der Waals surface area contributed by atoms with Gasteiger partial charge in [-0.1, -0.05) is 66.2 Å². The van der Waals surface area contributed by atoms with Gasteiger partial charge in [0.25, 0.3) is 0 Å². The number of amides is 1. The molecule has 0 aliphatic carbocycles. The van der Waals surface area contributed by atoms with E-state index in [1.54, 1.807) is 0 Å². The van der Waals surface area contributed by atoms with Crippen molar-refractivity contribution in [2.45, 2.75) is 38.4 Å². The molecule has 0 unspecified atom stereocenters. The van der Waals surface area contributed by atoms with Crippen LogP contribution in [0.15, 0.2) is 53.7 Å². The van der Waals surface area contributed by atoms with E-state index in [0.717, 1.165) is 46.5 Å². The van der Waals surface area contributed by atoms with Crippen molar-refractivity contribution in [3.8, 4) is 11.4 Å². The second-order valence-corrected chi connectivity index (χ2v) is 8.22. The molecule has 152 valence electrons. The fraction of sp³-hybridized carbons (Fsp3) is 0.318. The molecule has 0 fully saturated rings. The number of aryl methyl sites for hydroxylation is 1. The lowest BCUT2D eigenvalue weighted by atomic mass is 10.1. The number of thioether (sulfide) groups is 1. The van der Waals surface area contributed by atoms with E-state index >= 15 is 0 Å². The fourth-order valence-electron chi connectivity index (χ4n) is 3.00. The molecule has 29 heavy (non-hydrogen) atoms. The van der Waals surface area contributed by atoms with Crippen molar-refractivity contribution in [3.63, 3.8) is 0 Å². The third kappa shape index (κ3) is 6.08. The van der Waals surface area contributed by atoms with Gasteiger partial charge in [0, 0.05) is 23.7 Å². The standard InChI is InChI=1S/C22H25ClN4OS/c1-3-13-27-21(18-6-4-5-16(2)14-18)25-26-22(27)29-15-20(28)24-12-11-17-7-9-19(23)10-8-17/h4-10,14H,3,11-13,15H2,1-2H3,(H,24,28). The van der Waals surface area contributed by atoms with Crippen molar-refractivity contribution >= 4 is 29.3 Å². The van der Waals surface area contributed by atoms with Gasteiger partial charge >= 0.3 is 0 Å². The minimum absolute atomic E-state index is 0.00730. The minimum atomic E-state index is -0.00730. The SMILES string of the molecule is CCCn1c(SCC(=O)NCCc2ccc(Cl)cc2)nnc1-c1cccc(C)c1. The number of hydrogen-bond donors (Lipinski definition) is 1. The van der Waals surface area contributed by atoms with Crippen LogP contribution >= 0.6 is 23.4 Å². The Balaban J connectivity index is 1.56. The number of halogens is 1. The fourth-order valence-corrected chi connectivity index (χ4v) is 3.92. The molecule has 0 bridgehead atoms. The highest BCUT2D eigenvalue weighted by Gasteiger charge is 2.15. The van der Waals surface area contributed by atoms with Crippen LogP contribution in [0.4, 0.5) is 0 Å². The van der Waals surface area contributed by atoms with Crippen molar-refractivity contribution in [2.75, 3.05) is 12.3 Å². The maximum Gasteiger partial charge on any atom is 0.230 e. The zero-order chi connectivity index (χ0) is 20.6. The first-order valence-electron chi connectivity index (χ1n) is 9.71. The number of carbonyl (C=O) groups excluding carboxylic acids is 1. The van der Waals surface area contributed by atoms with E-state index in [4.69, 9.17) is 11.6 Å². The monoisotopic (exact) mass is 428 g/mol. The molecule has 1 aromatic heterocycles. The van der Waals surface area contributed by atoms with E-state index in [2.05, 4.69) is 46.1 Å². The minimum Gasteiger partial charge on any atom is -0.355 e. The van der Waals surface area contributed by atoms with Crippen LogP contribution in [-0.4, -0.2) is 33.0 Å². The van der Waals surface area contributed by atoms with Crippen molar-refractivity contribution in [3.05, 3.63) is 64.7 Å². The summed E-state index contributed by atoms with van der Waals surface area (Å²) in [7, 11) is 0. The number of hydrogen-bond acceptors (Lipinski definition) is 4. The molecule has 0 radical (unpaired) electrons. The summed E-state index contributed by atoms with van der Waals surface area (Å²) in [4.78, 5) is 12.2. The molecule has 0 saturated heterocycles. The average Bonchev–Trinajstić information content (AvgIpc) is 3.11. The summed E-state index contributed by atoms with van der Waals surface area (Å²) < 4.78 is 2.10. The van der Waals surface area contributed by atoms with Gasteiger partial charge in [-0.15, -0.1) is 10.2 Å². The zero-order valence-corrected chi connectivity index (χ0v) is 18.3. The Morgan fingerprint density at radius 1 is 1.17 bits per heavy atom. The topological polar surface area (TPSA) is 59.8 Å². The van der Waals surface area contributed by atoms with E-state index < -0.39 is 0 Å². The molecule has 0 aliphatic rings. The van der Waals surface area contributed by atoms with Gasteiger partial charge in [-0.2, -0.15) is 0 Å². The Bertz CT molecular complexity index is 956. The molecule has 3 rings (SSSR count). The molecular weight excluding hydrogens is 404 g/mol. The molecule has 7 heteroatoms. The lowest BCUT2D eigenvalue weighted by Gasteiger charge is -2.09.